The van der Waals surface area contributed by atoms with Crippen molar-refractivity contribution in [3.8, 4) is 0 Å². The summed E-state index contributed by atoms with van der Waals surface area (Å²) in [5.74, 6) is 1.39. The monoisotopic (exact) mass is 285 g/mol. The van der Waals surface area contributed by atoms with Gasteiger partial charge < -0.3 is 5.32 Å². The van der Waals surface area contributed by atoms with Gasteiger partial charge in [0.2, 0.25) is 0 Å². The Kier molecular flexibility index (Phi) is 3.53. The number of rotatable bonds is 3. The minimum Gasteiger partial charge on any atom is -0.381 e. The second kappa shape index (κ2) is 4.74. The zero-order valence-electron chi connectivity index (χ0n) is 9.63. The van der Waals surface area contributed by atoms with Crippen LogP contribution in [0.4, 0.5) is 10.1 Å². The van der Waals surface area contributed by atoms with Gasteiger partial charge in [0.25, 0.3) is 0 Å². The summed E-state index contributed by atoms with van der Waals surface area (Å²) in [6.45, 7) is 4.53. The lowest BCUT2D eigenvalue weighted by Crippen LogP contribution is -2.37. The molecule has 0 bridgehead atoms. The van der Waals surface area contributed by atoms with Gasteiger partial charge in [-0.25, -0.2) is 4.39 Å². The molecule has 1 aliphatic rings. The molecule has 1 aliphatic carbocycles. The summed E-state index contributed by atoms with van der Waals surface area (Å²) in [6, 6.07) is 5.27. The maximum atomic E-state index is 13.1. The van der Waals surface area contributed by atoms with Gasteiger partial charge in [0.15, 0.2) is 0 Å². The topological polar surface area (TPSA) is 12.0 Å². The fourth-order valence-corrected chi connectivity index (χ4v) is 2.51. The minimum atomic E-state index is -0.189. The van der Waals surface area contributed by atoms with Gasteiger partial charge in [0.1, 0.15) is 5.82 Å². The molecule has 16 heavy (non-hydrogen) atoms. The lowest BCUT2D eigenvalue weighted by Gasteiger charge is -2.39. The van der Waals surface area contributed by atoms with Crippen molar-refractivity contribution in [3.05, 3.63) is 28.5 Å². The standard InChI is InChI=1S/C13H17BrFN/c1-8(2)9-5-11(6-9)16-13-7-10(15)3-4-12(13)14/h3-4,7-9,11,16H,5-6H2,1-2H3. The van der Waals surface area contributed by atoms with Crippen molar-refractivity contribution in [1.82, 2.24) is 0 Å². The molecular weight excluding hydrogens is 269 g/mol. The quantitative estimate of drug-likeness (QED) is 0.866. The number of hydrogen-bond donors (Lipinski definition) is 1. The van der Waals surface area contributed by atoms with Crippen molar-refractivity contribution in [3.63, 3.8) is 0 Å². The fourth-order valence-electron chi connectivity index (χ4n) is 2.15. The summed E-state index contributed by atoms with van der Waals surface area (Å²) in [6.07, 6.45) is 2.39. The Morgan fingerprint density at radius 1 is 1.38 bits per heavy atom. The van der Waals surface area contributed by atoms with Gasteiger partial charge in [-0.1, -0.05) is 13.8 Å². The van der Waals surface area contributed by atoms with E-state index in [2.05, 4.69) is 35.1 Å². The SMILES string of the molecule is CC(C)C1CC(Nc2cc(F)ccc2Br)C1. The third-order valence-corrected chi connectivity index (χ3v) is 4.10. The van der Waals surface area contributed by atoms with Crippen LogP contribution in [0.2, 0.25) is 0 Å². The van der Waals surface area contributed by atoms with Crippen LogP contribution in [-0.4, -0.2) is 6.04 Å². The van der Waals surface area contributed by atoms with Crippen molar-refractivity contribution in [1.29, 1.82) is 0 Å². The molecule has 0 atom stereocenters. The van der Waals surface area contributed by atoms with E-state index in [1.54, 1.807) is 12.1 Å². The Morgan fingerprint density at radius 2 is 2.06 bits per heavy atom. The van der Waals surface area contributed by atoms with E-state index in [-0.39, 0.29) is 5.82 Å². The molecule has 3 heteroatoms. The van der Waals surface area contributed by atoms with Crippen LogP contribution in [0.25, 0.3) is 0 Å². The van der Waals surface area contributed by atoms with E-state index in [0.717, 1.165) is 22.0 Å². The molecule has 1 saturated carbocycles. The molecule has 1 fully saturated rings. The molecule has 2 rings (SSSR count). The van der Waals surface area contributed by atoms with Crippen LogP contribution in [0.3, 0.4) is 0 Å². The summed E-state index contributed by atoms with van der Waals surface area (Å²) in [4.78, 5) is 0. The number of benzene rings is 1. The van der Waals surface area contributed by atoms with Crippen molar-refractivity contribution in [2.24, 2.45) is 11.8 Å². The van der Waals surface area contributed by atoms with Gasteiger partial charge in [-0.2, -0.15) is 0 Å². The third-order valence-electron chi connectivity index (χ3n) is 3.41. The predicted octanol–water partition coefficient (Wildman–Crippen LogP) is 4.43. The van der Waals surface area contributed by atoms with E-state index < -0.39 is 0 Å². The first-order valence-electron chi connectivity index (χ1n) is 5.78. The Morgan fingerprint density at radius 3 is 2.69 bits per heavy atom. The zero-order valence-corrected chi connectivity index (χ0v) is 11.2. The molecule has 1 nitrogen and oxygen atoms in total. The van der Waals surface area contributed by atoms with Crippen molar-refractivity contribution in [2.75, 3.05) is 5.32 Å². The molecule has 0 amide bonds. The van der Waals surface area contributed by atoms with E-state index in [1.807, 2.05) is 0 Å². The molecule has 0 saturated heterocycles. The summed E-state index contributed by atoms with van der Waals surface area (Å²) < 4.78 is 14.0. The number of halogens is 2. The molecule has 0 heterocycles. The van der Waals surface area contributed by atoms with E-state index in [4.69, 9.17) is 0 Å². The van der Waals surface area contributed by atoms with Crippen LogP contribution < -0.4 is 5.32 Å². The van der Waals surface area contributed by atoms with Crippen LogP contribution in [0.15, 0.2) is 22.7 Å². The molecule has 0 radical (unpaired) electrons. The number of nitrogens with one attached hydrogen (secondary N) is 1. The van der Waals surface area contributed by atoms with E-state index >= 15 is 0 Å². The van der Waals surface area contributed by atoms with Gasteiger partial charge in [-0.15, -0.1) is 0 Å². The largest absolute Gasteiger partial charge is 0.381 e. The summed E-state index contributed by atoms with van der Waals surface area (Å²) in [7, 11) is 0. The minimum absolute atomic E-state index is 0.189. The highest BCUT2D eigenvalue weighted by Gasteiger charge is 2.31. The third kappa shape index (κ3) is 2.57. The highest BCUT2D eigenvalue weighted by molar-refractivity contribution is 9.10. The van der Waals surface area contributed by atoms with Crippen LogP contribution >= 0.6 is 15.9 Å². The Balaban J connectivity index is 1.94. The maximum Gasteiger partial charge on any atom is 0.125 e. The predicted molar refractivity (Wildman–Crippen MR) is 69.1 cm³/mol. The number of hydrogen-bond acceptors (Lipinski definition) is 1. The van der Waals surface area contributed by atoms with E-state index in [9.17, 15) is 4.39 Å². The first kappa shape index (κ1) is 11.9. The normalized spacial score (nSPS) is 24.3. The second-order valence-electron chi connectivity index (χ2n) is 4.94. The van der Waals surface area contributed by atoms with Gasteiger partial charge in [-0.3, -0.25) is 0 Å². The first-order chi connectivity index (χ1) is 7.56. The van der Waals surface area contributed by atoms with E-state index in [1.165, 1.54) is 18.9 Å². The van der Waals surface area contributed by atoms with Gasteiger partial charge >= 0.3 is 0 Å². The summed E-state index contributed by atoms with van der Waals surface area (Å²) in [5, 5.41) is 3.39. The van der Waals surface area contributed by atoms with Crippen LogP contribution in [-0.2, 0) is 0 Å². The fraction of sp³-hybridized carbons (Fsp3) is 0.538. The van der Waals surface area contributed by atoms with Gasteiger partial charge in [0, 0.05) is 10.5 Å². The lowest BCUT2D eigenvalue weighted by atomic mass is 9.73. The molecule has 0 aliphatic heterocycles. The maximum absolute atomic E-state index is 13.1. The molecule has 1 N–H and O–H groups in total. The molecule has 88 valence electrons. The smallest absolute Gasteiger partial charge is 0.125 e. The molecule has 0 aromatic heterocycles. The van der Waals surface area contributed by atoms with Crippen molar-refractivity contribution >= 4 is 21.6 Å². The molecule has 0 unspecified atom stereocenters. The van der Waals surface area contributed by atoms with Crippen LogP contribution in [0, 0.1) is 17.7 Å². The highest BCUT2D eigenvalue weighted by Crippen LogP contribution is 2.36. The van der Waals surface area contributed by atoms with Crippen molar-refractivity contribution in [2.45, 2.75) is 32.7 Å². The van der Waals surface area contributed by atoms with E-state index in [0.29, 0.717) is 6.04 Å². The second-order valence-corrected chi connectivity index (χ2v) is 5.80. The zero-order chi connectivity index (χ0) is 11.7. The molecule has 1 aromatic carbocycles. The Labute approximate surface area is 105 Å². The summed E-state index contributed by atoms with van der Waals surface area (Å²) in [5.41, 5.74) is 0.868. The Hall–Kier alpha value is -0.570. The average Bonchev–Trinajstić information content (AvgIpc) is 2.15. The summed E-state index contributed by atoms with van der Waals surface area (Å²) >= 11 is 3.43. The van der Waals surface area contributed by atoms with Crippen LogP contribution in [0.1, 0.15) is 26.7 Å². The lowest BCUT2D eigenvalue weighted by molar-refractivity contribution is 0.211. The number of anilines is 1. The van der Waals surface area contributed by atoms with Crippen LogP contribution in [0.5, 0.6) is 0 Å². The first-order valence-corrected chi connectivity index (χ1v) is 6.57. The molecular formula is C13H17BrFN. The van der Waals surface area contributed by atoms with Gasteiger partial charge in [-0.05, 0) is 58.8 Å². The molecule has 1 aromatic rings. The highest BCUT2D eigenvalue weighted by atomic mass is 79.9. The van der Waals surface area contributed by atoms with Gasteiger partial charge in [0.05, 0.1) is 5.69 Å². The van der Waals surface area contributed by atoms with Crippen molar-refractivity contribution < 1.29 is 4.39 Å². The average molecular weight is 286 g/mol. The Bertz CT molecular complexity index is 372. The molecule has 0 spiro atoms.